The first-order valence-corrected chi connectivity index (χ1v) is 7.86. The average molecular weight is 295 g/mol. The molecule has 0 fully saturated rings. The first-order valence-electron chi connectivity index (χ1n) is 7.86. The van der Waals surface area contributed by atoms with Crippen molar-refractivity contribution in [2.75, 3.05) is 13.1 Å². The zero-order valence-corrected chi connectivity index (χ0v) is 14.0. The molecule has 2 heterocycles. The van der Waals surface area contributed by atoms with Gasteiger partial charge in [0.05, 0.1) is 5.70 Å². The minimum absolute atomic E-state index is 0.398. The zero-order valence-electron chi connectivity index (χ0n) is 14.0. The van der Waals surface area contributed by atoms with Gasteiger partial charge in [-0.2, -0.15) is 11.8 Å². The summed E-state index contributed by atoms with van der Waals surface area (Å²) in [6.07, 6.45) is 17.4. The molecule has 3 heteroatoms. The largest absolute Gasteiger partial charge is 0.684 e. The van der Waals surface area contributed by atoms with Crippen molar-refractivity contribution < 1.29 is 0 Å². The lowest BCUT2D eigenvalue weighted by Gasteiger charge is -2.33. The minimum atomic E-state index is 0.398. The van der Waals surface area contributed by atoms with Gasteiger partial charge in [-0.15, -0.1) is 0 Å². The van der Waals surface area contributed by atoms with Crippen LogP contribution in [0.1, 0.15) is 27.7 Å². The lowest BCUT2D eigenvalue weighted by Crippen LogP contribution is -2.34. The fraction of sp³-hybridized carbons (Fsp3) is 0.421. The van der Waals surface area contributed by atoms with Gasteiger partial charge in [0.15, 0.2) is 0 Å². The van der Waals surface area contributed by atoms with Crippen LogP contribution >= 0.6 is 0 Å². The highest BCUT2D eigenvalue weighted by Gasteiger charge is 2.11. The fourth-order valence-corrected chi connectivity index (χ4v) is 2.20. The Hall–Kier alpha value is -1.87. The smallest absolute Gasteiger partial charge is 0.0540 e. The molecule has 0 bridgehead atoms. The van der Waals surface area contributed by atoms with Crippen LogP contribution in [-0.2, 0) is 0 Å². The molecule has 0 N–H and O–H groups in total. The number of hydrogen-bond donors (Lipinski definition) is 0. The number of nitrogens with zero attached hydrogens (tertiary/aromatic N) is 3. The van der Waals surface area contributed by atoms with E-state index in [4.69, 9.17) is 0 Å². The molecule has 0 aliphatic carbocycles. The molecular formula is C19H25N3-2. The first-order chi connectivity index (χ1) is 10.5. The molecule has 0 aromatic heterocycles. The molecule has 0 saturated heterocycles. The summed E-state index contributed by atoms with van der Waals surface area (Å²) in [4.78, 5) is 6.98. The van der Waals surface area contributed by atoms with Crippen molar-refractivity contribution in [1.82, 2.24) is 4.90 Å². The Morgan fingerprint density at radius 1 is 1.27 bits per heavy atom. The third-order valence-electron chi connectivity index (χ3n) is 3.69. The molecule has 0 aromatic rings. The van der Waals surface area contributed by atoms with E-state index in [1.807, 2.05) is 13.1 Å². The van der Waals surface area contributed by atoms with Crippen molar-refractivity contribution in [2.45, 2.75) is 33.7 Å². The van der Waals surface area contributed by atoms with Gasteiger partial charge in [0.1, 0.15) is 0 Å². The fourth-order valence-electron chi connectivity index (χ4n) is 2.20. The summed E-state index contributed by atoms with van der Waals surface area (Å²) in [7, 11) is 0. The van der Waals surface area contributed by atoms with E-state index < -0.39 is 0 Å². The van der Waals surface area contributed by atoms with Gasteiger partial charge >= 0.3 is 0 Å². The standard InChI is InChI=1S/C19H25N3/c1-15(2)22(13-18-7-5-6-17(4)12-21-18)14-19-9-8-16(3)10-11-20-19/h5-9,11-12,15,17H,13-14H2,1-4H3/q-2. The Bertz CT molecular complexity index is 559. The maximum atomic E-state index is 4.60. The molecule has 118 valence electrons. The predicted octanol–water partition coefficient (Wildman–Crippen LogP) is 4.39. The van der Waals surface area contributed by atoms with Gasteiger partial charge in [-0.1, -0.05) is 26.0 Å². The molecule has 2 aliphatic heterocycles. The third kappa shape index (κ3) is 5.15. The van der Waals surface area contributed by atoms with E-state index >= 15 is 0 Å². The lowest BCUT2D eigenvalue weighted by atomic mass is 10.2. The summed E-state index contributed by atoms with van der Waals surface area (Å²) in [6, 6.07) is 0.429. The molecule has 0 saturated carbocycles. The van der Waals surface area contributed by atoms with E-state index in [2.05, 4.69) is 72.4 Å². The molecule has 1 unspecified atom stereocenters. The molecule has 0 aromatic carbocycles. The van der Waals surface area contributed by atoms with Crippen LogP contribution in [-0.4, -0.2) is 30.2 Å². The van der Waals surface area contributed by atoms with Gasteiger partial charge in [0, 0.05) is 31.3 Å². The number of rotatable bonds is 5. The second kappa shape index (κ2) is 7.95. The summed E-state index contributed by atoms with van der Waals surface area (Å²) in [6.45, 7) is 10.2. The van der Waals surface area contributed by atoms with Crippen LogP contribution in [0.25, 0.3) is 5.32 Å². The summed E-state index contributed by atoms with van der Waals surface area (Å²) in [5, 5.41) is 4.48. The van der Waals surface area contributed by atoms with E-state index in [9.17, 15) is 0 Å². The van der Waals surface area contributed by atoms with Crippen molar-refractivity contribution in [2.24, 2.45) is 10.9 Å². The number of aliphatic imine (C=N–C) groups is 1. The first kappa shape index (κ1) is 16.5. The lowest BCUT2D eigenvalue weighted by molar-refractivity contribution is 0.262. The Morgan fingerprint density at radius 3 is 2.86 bits per heavy atom. The van der Waals surface area contributed by atoms with Crippen molar-refractivity contribution >= 4 is 6.21 Å². The average Bonchev–Trinajstić information content (AvgIpc) is 2.79. The van der Waals surface area contributed by atoms with Crippen molar-refractivity contribution in [3.05, 3.63) is 64.9 Å². The van der Waals surface area contributed by atoms with E-state index in [1.54, 1.807) is 6.20 Å². The summed E-state index contributed by atoms with van der Waals surface area (Å²) < 4.78 is 0. The van der Waals surface area contributed by atoms with Crippen LogP contribution in [0, 0.1) is 12.0 Å². The predicted molar refractivity (Wildman–Crippen MR) is 94.6 cm³/mol. The van der Waals surface area contributed by atoms with Crippen LogP contribution in [0.2, 0.25) is 0 Å². The van der Waals surface area contributed by atoms with Crippen LogP contribution < -0.4 is 0 Å². The van der Waals surface area contributed by atoms with Crippen molar-refractivity contribution in [1.29, 1.82) is 0 Å². The molecule has 1 atom stereocenters. The highest BCUT2D eigenvalue weighted by atomic mass is 15.2. The highest BCUT2D eigenvalue weighted by Crippen LogP contribution is 2.17. The van der Waals surface area contributed by atoms with Crippen LogP contribution in [0.15, 0.2) is 58.5 Å². The monoisotopic (exact) mass is 295 g/mol. The van der Waals surface area contributed by atoms with E-state index in [-0.39, 0.29) is 0 Å². The minimum Gasteiger partial charge on any atom is -0.684 e. The third-order valence-corrected chi connectivity index (χ3v) is 3.69. The Morgan fingerprint density at radius 2 is 2.09 bits per heavy atom. The second-order valence-electron chi connectivity index (χ2n) is 6.09. The number of allylic oxidation sites excluding steroid dienone is 7. The van der Waals surface area contributed by atoms with Gasteiger partial charge in [-0.25, -0.2) is 11.6 Å². The van der Waals surface area contributed by atoms with Crippen LogP contribution in [0.5, 0.6) is 0 Å². The number of hydrogen-bond acceptors (Lipinski definition) is 2. The molecule has 22 heavy (non-hydrogen) atoms. The molecule has 2 rings (SSSR count). The van der Waals surface area contributed by atoms with E-state index in [0.717, 1.165) is 30.1 Å². The topological polar surface area (TPSA) is 29.7 Å². The Balaban J connectivity index is 2.05. The maximum absolute atomic E-state index is 4.60. The van der Waals surface area contributed by atoms with Crippen molar-refractivity contribution in [3.8, 4) is 0 Å². The molecule has 0 spiro atoms. The summed E-state index contributed by atoms with van der Waals surface area (Å²) in [5.74, 6) is 0.398. The second-order valence-corrected chi connectivity index (χ2v) is 6.09. The Kier molecular flexibility index (Phi) is 5.96. The molecule has 0 radical (unpaired) electrons. The summed E-state index contributed by atoms with van der Waals surface area (Å²) >= 11 is 0. The summed E-state index contributed by atoms with van der Waals surface area (Å²) in [5.41, 5.74) is 3.25. The van der Waals surface area contributed by atoms with Gasteiger partial charge in [0.25, 0.3) is 0 Å². The van der Waals surface area contributed by atoms with E-state index in [1.165, 1.54) is 0 Å². The van der Waals surface area contributed by atoms with Crippen LogP contribution in [0.3, 0.4) is 0 Å². The SMILES string of the molecule is CC1=CC=C(CN(CC2=CC=CC(C)C=N2)C(C)C)[N-]C=[C-]1. The Labute approximate surface area is 134 Å². The van der Waals surface area contributed by atoms with Crippen molar-refractivity contribution in [3.63, 3.8) is 0 Å². The molecule has 3 nitrogen and oxygen atoms in total. The normalized spacial score (nSPS) is 21.2. The zero-order chi connectivity index (χ0) is 15.9. The highest BCUT2D eigenvalue weighted by molar-refractivity contribution is 5.65. The van der Waals surface area contributed by atoms with Gasteiger partial charge in [-0.05, 0) is 19.9 Å². The van der Waals surface area contributed by atoms with Gasteiger partial charge in [-0.3, -0.25) is 22.2 Å². The van der Waals surface area contributed by atoms with Gasteiger partial charge < -0.3 is 5.32 Å². The maximum Gasteiger partial charge on any atom is 0.0540 e. The molecule has 0 amide bonds. The quantitative estimate of drug-likeness (QED) is 0.692. The van der Waals surface area contributed by atoms with E-state index in [0.29, 0.717) is 12.0 Å². The molecule has 2 aliphatic rings. The van der Waals surface area contributed by atoms with Crippen LogP contribution in [0.4, 0.5) is 0 Å². The molecular weight excluding hydrogens is 270 g/mol. The van der Waals surface area contributed by atoms with Gasteiger partial charge in [0.2, 0.25) is 0 Å².